The number of hydrogen-bond donors (Lipinski definition) is 1. The highest BCUT2D eigenvalue weighted by molar-refractivity contribution is 5.97. The number of nitrogens with zero attached hydrogens (tertiary/aromatic N) is 2. The van der Waals surface area contributed by atoms with Crippen LogP contribution in [-0.4, -0.2) is 58.9 Å². The first kappa shape index (κ1) is 14.8. The number of amides is 2. The zero-order valence-electron chi connectivity index (χ0n) is 13.3. The number of piperazine rings is 1. The van der Waals surface area contributed by atoms with Crippen molar-refractivity contribution in [2.75, 3.05) is 13.1 Å². The summed E-state index contributed by atoms with van der Waals surface area (Å²) in [6.45, 7) is 8.06. The average Bonchev–Trinajstić information content (AvgIpc) is 3.16. The van der Waals surface area contributed by atoms with Crippen LogP contribution in [0.5, 0.6) is 0 Å². The van der Waals surface area contributed by atoms with Crippen LogP contribution in [0.3, 0.4) is 0 Å². The van der Waals surface area contributed by atoms with Gasteiger partial charge in [-0.3, -0.25) is 14.5 Å². The number of nitrogens with one attached hydrogen (secondary N) is 1. The molecule has 2 saturated heterocycles. The molecule has 2 heterocycles. The topological polar surface area (TPSA) is 52.7 Å². The first-order chi connectivity index (χ1) is 9.97. The van der Waals surface area contributed by atoms with Crippen molar-refractivity contribution in [2.24, 2.45) is 5.92 Å². The molecule has 3 unspecified atom stereocenters. The zero-order chi connectivity index (χ0) is 15.1. The fourth-order valence-corrected chi connectivity index (χ4v) is 3.75. The molecular weight excluding hydrogens is 266 g/mol. The minimum atomic E-state index is -0.330. The predicted molar refractivity (Wildman–Crippen MR) is 80.7 cm³/mol. The highest BCUT2D eigenvalue weighted by atomic mass is 16.2. The summed E-state index contributed by atoms with van der Waals surface area (Å²) in [5.41, 5.74) is 0. The first-order valence-corrected chi connectivity index (χ1v) is 8.34. The summed E-state index contributed by atoms with van der Waals surface area (Å²) in [6.07, 6.45) is 4.33. The van der Waals surface area contributed by atoms with Crippen LogP contribution in [0.15, 0.2) is 0 Å². The molecule has 21 heavy (non-hydrogen) atoms. The Morgan fingerprint density at radius 3 is 2.52 bits per heavy atom. The average molecular weight is 293 g/mol. The van der Waals surface area contributed by atoms with Crippen molar-refractivity contribution in [3.8, 4) is 0 Å². The summed E-state index contributed by atoms with van der Waals surface area (Å²) >= 11 is 0. The molecule has 1 saturated carbocycles. The van der Waals surface area contributed by atoms with Gasteiger partial charge in [0.25, 0.3) is 0 Å². The Labute approximate surface area is 127 Å². The van der Waals surface area contributed by atoms with Crippen LogP contribution in [0, 0.1) is 5.92 Å². The van der Waals surface area contributed by atoms with Crippen LogP contribution in [0.2, 0.25) is 0 Å². The lowest BCUT2D eigenvalue weighted by molar-refractivity contribution is -0.151. The Morgan fingerprint density at radius 1 is 1.19 bits per heavy atom. The molecule has 0 aromatic heterocycles. The predicted octanol–water partition coefficient (Wildman–Crippen LogP) is 0.985. The van der Waals surface area contributed by atoms with E-state index in [4.69, 9.17) is 0 Å². The van der Waals surface area contributed by atoms with Crippen molar-refractivity contribution in [1.82, 2.24) is 15.1 Å². The van der Waals surface area contributed by atoms with E-state index in [1.165, 1.54) is 12.8 Å². The number of hydrogen-bond acceptors (Lipinski definition) is 3. The van der Waals surface area contributed by atoms with Gasteiger partial charge >= 0.3 is 0 Å². The Hall–Kier alpha value is -1.10. The van der Waals surface area contributed by atoms with Gasteiger partial charge in [-0.05, 0) is 38.5 Å². The second-order valence-electron chi connectivity index (χ2n) is 7.28. The summed E-state index contributed by atoms with van der Waals surface area (Å²) in [6, 6.07) is 0.299. The van der Waals surface area contributed by atoms with Crippen molar-refractivity contribution < 1.29 is 9.59 Å². The van der Waals surface area contributed by atoms with Crippen LogP contribution >= 0.6 is 0 Å². The number of likely N-dealkylation sites (tertiary alicyclic amines) is 1. The third-order valence-corrected chi connectivity index (χ3v) is 5.02. The molecule has 3 rings (SSSR count). The Kier molecular flexibility index (Phi) is 3.95. The number of rotatable bonds is 4. The highest BCUT2D eigenvalue weighted by Gasteiger charge is 2.45. The maximum absolute atomic E-state index is 12.8. The normalized spacial score (nSPS) is 34.7. The molecule has 0 aromatic carbocycles. The molecule has 3 fully saturated rings. The fraction of sp³-hybridized carbons (Fsp3) is 0.875. The van der Waals surface area contributed by atoms with E-state index in [0.29, 0.717) is 5.92 Å². The molecule has 0 spiro atoms. The van der Waals surface area contributed by atoms with E-state index in [1.807, 2.05) is 11.8 Å². The summed E-state index contributed by atoms with van der Waals surface area (Å²) in [5.74, 6) is 0.532. The third-order valence-electron chi connectivity index (χ3n) is 5.02. The van der Waals surface area contributed by atoms with Gasteiger partial charge < -0.3 is 10.2 Å². The molecule has 5 heteroatoms. The van der Waals surface area contributed by atoms with E-state index in [1.54, 1.807) is 0 Å². The molecule has 1 aliphatic carbocycles. The van der Waals surface area contributed by atoms with Crippen molar-refractivity contribution in [3.05, 3.63) is 0 Å². The fourth-order valence-electron chi connectivity index (χ4n) is 3.75. The molecular formula is C16H27N3O2. The molecule has 3 atom stereocenters. The number of carbonyl (C=O) groups is 2. The standard InChI is InChI=1S/C16H27N3O2/c1-10(2)8-14-16(21)19(11(3)15(20)17-14)13-6-7-18(9-13)12-4-5-12/h10-14H,4-9H2,1-3H3,(H,17,20). The van der Waals surface area contributed by atoms with Crippen LogP contribution in [0.4, 0.5) is 0 Å². The van der Waals surface area contributed by atoms with Crippen LogP contribution in [-0.2, 0) is 9.59 Å². The Morgan fingerprint density at radius 2 is 1.90 bits per heavy atom. The molecule has 2 aliphatic heterocycles. The maximum atomic E-state index is 12.8. The summed E-state index contributed by atoms with van der Waals surface area (Å²) in [5, 5.41) is 2.90. The van der Waals surface area contributed by atoms with Crippen molar-refractivity contribution >= 4 is 11.8 Å². The largest absolute Gasteiger partial charge is 0.343 e. The lowest BCUT2D eigenvalue weighted by atomic mass is 9.97. The van der Waals surface area contributed by atoms with Gasteiger partial charge in [-0.25, -0.2) is 0 Å². The van der Waals surface area contributed by atoms with E-state index in [2.05, 4.69) is 24.1 Å². The summed E-state index contributed by atoms with van der Waals surface area (Å²) < 4.78 is 0. The van der Waals surface area contributed by atoms with E-state index >= 15 is 0 Å². The molecule has 0 aromatic rings. The quantitative estimate of drug-likeness (QED) is 0.841. The van der Waals surface area contributed by atoms with Gasteiger partial charge in [-0.1, -0.05) is 13.8 Å². The third kappa shape index (κ3) is 2.93. The van der Waals surface area contributed by atoms with E-state index in [0.717, 1.165) is 32.0 Å². The zero-order valence-corrected chi connectivity index (χ0v) is 13.3. The van der Waals surface area contributed by atoms with Gasteiger partial charge in [0.1, 0.15) is 12.1 Å². The lowest BCUT2D eigenvalue weighted by Crippen LogP contribution is -2.65. The van der Waals surface area contributed by atoms with Crippen molar-refractivity contribution in [1.29, 1.82) is 0 Å². The Bertz CT molecular complexity index is 433. The van der Waals surface area contributed by atoms with Gasteiger partial charge in [0.15, 0.2) is 0 Å². The number of carbonyl (C=O) groups excluding carboxylic acids is 2. The van der Waals surface area contributed by atoms with Gasteiger partial charge in [-0.2, -0.15) is 0 Å². The second-order valence-corrected chi connectivity index (χ2v) is 7.28. The minimum Gasteiger partial charge on any atom is -0.343 e. The lowest BCUT2D eigenvalue weighted by Gasteiger charge is -2.41. The minimum absolute atomic E-state index is 0.00474. The van der Waals surface area contributed by atoms with Gasteiger partial charge in [0.2, 0.25) is 11.8 Å². The van der Waals surface area contributed by atoms with Crippen molar-refractivity contribution in [2.45, 2.75) is 70.6 Å². The van der Waals surface area contributed by atoms with Crippen LogP contribution in [0.25, 0.3) is 0 Å². The maximum Gasteiger partial charge on any atom is 0.246 e. The van der Waals surface area contributed by atoms with Gasteiger partial charge in [0, 0.05) is 25.2 Å². The molecule has 0 bridgehead atoms. The van der Waals surface area contributed by atoms with E-state index in [9.17, 15) is 9.59 Å². The van der Waals surface area contributed by atoms with E-state index < -0.39 is 0 Å². The second kappa shape index (κ2) is 5.59. The smallest absolute Gasteiger partial charge is 0.246 e. The van der Waals surface area contributed by atoms with E-state index in [-0.39, 0.29) is 29.9 Å². The molecule has 3 aliphatic rings. The molecule has 2 amide bonds. The van der Waals surface area contributed by atoms with Crippen LogP contribution < -0.4 is 5.32 Å². The van der Waals surface area contributed by atoms with Gasteiger partial charge in [0.05, 0.1) is 0 Å². The van der Waals surface area contributed by atoms with Crippen LogP contribution in [0.1, 0.15) is 46.5 Å². The first-order valence-electron chi connectivity index (χ1n) is 8.34. The van der Waals surface area contributed by atoms with Crippen molar-refractivity contribution in [3.63, 3.8) is 0 Å². The molecule has 5 nitrogen and oxygen atoms in total. The monoisotopic (exact) mass is 293 g/mol. The Balaban J connectivity index is 1.71. The highest BCUT2D eigenvalue weighted by Crippen LogP contribution is 2.32. The molecule has 0 radical (unpaired) electrons. The molecule has 118 valence electrons. The SMILES string of the molecule is CC(C)CC1NC(=O)C(C)N(C2CCN(C3CC3)C2)C1=O. The van der Waals surface area contributed by atoms with Gasteiger partial charge in [-0.15, -0.1) is 0 Å². The summed E-state index contributed by atoms with van der Waals surface area (Å²) in [4.78, 5) is 29.4. The molecule has 1 N–H and O–H groups in total. The summed E-state index contributed by atoms with van der Waals surface area (Å²) in [7, 11) is 0.